The van der Waals surface area contributed by atoms with Gasteiger partial charge in [0.1, 0.15) is 5.82 Å². The Morgan fingerprint density at radius 2 is 1.87 bits per heavy atom. The van der Waals surface area contributed by atoms with Crippen LogP contribution in [0.15, 0.2) is 35.3 Å². The van der Waals surface area contributed by atoms with Crippen molar-refractivity contribution in [3.05, 3.63) is 58.4 Å². The molecular weight excluding hydrogens is 312 g/mol. The van der Waals surface area contributed by atoms with E-state index in [1.54, 1.807) is 0 Å². The van der Waals surface area contributed by atoms with Gasteiger partial charge >= 0.3 is 6.18 Å². The predicted molar refractivity (Wildman–Crippen MR) is 76.7 cm³/mol. The summed E-state index contributed by atoms with van der Waals surface area (Å²) in [4.78, 5) is 15.5. The molecule has 118 valence electrons. The number of alkyl halides is 3. The lowest BCUT2D eigenvalue weighted by Crippen LogP contribution is -2.14. The minimum Gasteiger partial charge on any atom is -0.366 e. The summed E-state index contributed by atoms with van der Waals surface area (Å²) in [6.45, 7) is 0.124. The normalized spacial score (nSPS) is 13.2. The average Bonchev–Trinajstić information content (AvgIpc) is 2.93. The van der Waals surface area contributed by atoms with Crippen LogP contribution in [0.1, 0.15) is 27.0 Å². The smallest absolute Gasteiger partial charge is 0.366 e. The lowest BCUT2D eigenvalue weighted by Gasteiger charge is -2.15. The number of hydrogen-bond acceptors (Lipinski definition) is 2. The molecule has 0 spiro atoms. The zero-order valence-corrected chi connectivity index (χ0v) is 11.6. The summed E-state index contributed by atoms with van der Waals surface area (Å²) in [6, 6.07) is 5.18. The van der Waals surface area contributed by atoms with Gasteiger partial charge < -0.3 is 5.73 Å². The number of fused-ring (bicyclic) bond motifs is 1. The molecule has 0 aliphatic carbocycles. The van der Waals surface area contributed by atoms with E-state index in [9.17, 15) is 22.4 Å². The van der Waals surface area contributed by atoms with E-state index in [0.29, 0.717) is 11.1 Å². The van der Waals surface area contributed by atoms with Gasteiger partial charge in [-0.1, -0.05) is 6.07 Å². The van der Waals surface area contributed by atoms with Gasteiger partial charge in [0.2, 0.25) is 5.91 Å². The standard InChI is InChI=1S/C16H10F4N2O/c17-10-1-2-11(13(5-10)15(21)23)12-4-9(16(18,19)20)3-8-6-22-7-14(8)12/h1-5,7H,6H2,(H2,21,23). The Kier molecular flexibility index (Phi) is 3.43. The molecule has 0 radical (unpaired) electrons. The summed E-state index contributed by atoms with van der Waals surface area (Å²) in [7, 11) is 0. The minimum absolute atomic E-state index is 0.124. The average molecular weight is 322 g/mol. The molecule has 3 nitrogen and oxygen atoms in total. The largest absolute Gasteiger partial charge is 0.416 e. The Morgan fingerprint density at radius 3 is 2.52 bits per heavy atom. The van der Waals surface area contributed by atoms with Crippen LogP contribution in [-0.4, -0.2) is 12.1 Å². The summed E-state index contributed by atoms with van der Waals surface area (Å²) in [5, 5.41) is 0. The lowest BCUT2D eigenvalue weighted by molar-refractivity contribution is -0.137. The van der Waals surface area contributed by atoms with Crippen molar-refractivity contribution in [1.82, 2.24) is 0 Å². The molecule has 1 heterocycles. The number of primary amides is 1. The van der Waals surface area contributed by atoms with Crippen LogP contribution in [0.3, 0.4) is 0 Å². The molecule has 1 aliphatic heterocycles. The fraction of sp³-hybridized carbons (Fsp3) is 0.125. The Hall–Kier alpha value is -2.70. The number of aliphatic imine (C=N–C) groups is 1. The van der Waals surface area contributed by atoms with Crippen LogP contribution in [0.5, 0.6) is 0 Å². The first-order valence-electron chi connectivity index (χ1n) is 6.61. The molecule has 23 heavy (non-hydrogen) atoms. The summed E-state index contributed by atoms with van der Waals surface area (Å²) >= 11 is 0. The van der Waals surface area contributed by atoms with Crippen LogP contribution in [-0.2, 0) is 12.7 Å². The molecule has 1 aliphatic rings. The van der Waals surface area contributed by atoms with Gasteiger partial charge in [-0.25, -0.2) is 4.39 Å². The second-order valence-corrected chi connectivity index (χ2v) is 5.12. The maximum absolute atomic E-state index is 13.4. The van der Waals surface area contributed by atoms with Crippen molar-refractivity contribution in [3.63, 3.8) is 0 Å². The Balaban J connectivity index is 2.31. The van der Waals surface area contributed by atoms with Crippen LogP contribution in [0.2, 0.25) is 0 Å². The summed E-state index contributed by atoms with van der Waals surface area (Å²) in [6.07, 6.45) is -3.10. The van der Waals surface area contributed by atoms with E-state index in [2.05, 4.69) is 4.99 Å². The SMILES string of the molecule is NC(=O)c1cc(F)ccc1-c1cc(C(F)(F)F)cc2c1C=NC2. The quantitative estimate of drug-likeness (QED) is 0.845. The van der Waals surface area contributed by atoms with Gasteiger partial charge in [-0.2, -0.15) is 13.2 Å². The van der Waals surface area contributed by atoms with E-state index < -0.39 is 23.5 Å². The number of rotatable bonds is 2. The zero-order valence-electron chi connectivity index (χ0n) is 11.6. The van der Waals surface area contributed by atoms with Crippen molar-refractivity contribution in [2.45, 2.75) is 12.7 Å². The van der Waals surface area contributed by atoms with Crippen LogP contribution in [0.4, 0.5) is 17.6 Å². The van der Waals surface area contributed by atoms with Crippen LogP contribution < -0.4 is 5.73 Å². The third kappa shape index (κ3) is 2.69. The number of nitrogens with zero attached hydrogens (tertiary/aromatic N) is 1. The first-order chi connectivity index (χ1) is 10.8. The fourth-order valence-corrected chi connectivity index (χ4v) is 2.57. The highest BCUT2D eigenvalue weighted by Gasteiger charge is 2.33. The first kappa shape index (κ1) is 15.2. The van der Waals surface area contributed by atoms with Gasteiger partial charge in [0.15, 0.2) is 0 Å². The van der Waals surface area contributed by atoms with Crippen molar-refractivity contribution in [1.29, 1.82) is 0 Å². The minimum atomic E-state index is -4.54. The number of carbonyl (C=O) groups excluding carboxylic acids is 1. The van der Waals surface area contributed by atoms with Crippen LogP contribution >= 0.6 is 0 Å². The third-order valence-electron chi connectivity index (χ3n) is 3.61. The Morgan fingerprint density at radius 1 is 1.13 bits per heavy atom. The van der Waals surface area contributed by atoms with E-state index >= 15 is 0 Å². The highest BCUT2D eigenvalue weighted by molar-refractivity contribution is 6.03. The number of amides is 1. The van der Waals surface area contributed by atoms with Crippen molar-refractivity contribution in [2.24, 2.45) is 10.7 Å². The number of hydrogen-bond donors (Lipinski definition) is 1. The molecule has 0 fully saturated rings. The van der Waals surface area contributed by atoms with E-state index in [-0.39, 0.29) is 23.2 Å². The number of benzene rings is 2. The molecular formula is C16H10F4N2O. The van der Waals surface area contributed by atoms with Gasteiger partial charge in [-0.15, -0.1) is 0 Å². The number of halogens is 4. The van der Waals surface area contributed by atoms with E-state index in [4.69, 9.17) is 5.73 Å². The van der Waals surface area contributed by atoms with Crippen molar-refractivity contribution < 1.29 is 22.4 Å². The molecule has 0 saturated heterocycles. The van der Waals surface area contributed by atoms with Gasteiger partial charge in [0.25, 0.3) is 0 Å². The van der Waals surface area contributed by atoms with E-state index in [1.807, 2.05) is 0 Å². The van der Waals surface area contributed by atoms with Crippen molar-refractivity contribution in [2.75, 3.05) is 0 Å². The first-order valence-corrected chi connectivity index (χ1v) is 6.61. The predicted octanol–water partition coefficient (Wildman–Crippen LogP) is 3.54. The highest BCUT2D eigenvalue weighted by Crippen LogP contribution is 2.38. The molecule has 7 heteroatoms. The Labute approximate surface area is 128 Å². The van der Waals surface area contributed by atoms with Gasteiger partial charge in [-0.05, 0) is 41.0 Å². The summed E-state index contributed by atoms with van der Waals surface area (Å²) in [5.41, 5.74) is 5.39. The molecule has 0 unspecified atom stereocenters. The second kappa shape index (κ2) is 5.19. The fourth-order valence-electron chi connectivity index (χ4n) is 2.57. The molecule has 2 N–H and O–H groups in total. The molecule has 1 amide bonds. The third-order valence-corrected chi connectivity index (χ3v) is 3.61. The Bertz CT molecular complexity index is 841. The molecule has 0 aromatic heterocycles. The van der Waals surface area contributed by atoms with Gasteiger partial charge in [0.05, 0.1) is 12.1 Å². The maximum Gasteiger partial charge on any atom is 0.416 e. The summed E-state index contributed by atoms with van der Waals surface area (Å²) < 4.78 is 52.6. The lowest BCUT2D eigenvalue weighted by atomic mass is 9.91. The van der Waals surface area contributed by atoms with Gasteiger partial charge in [0, 0.05) is 17.3 Å². The second-order valence-electron chi connectivity index (χ2n) is 5.12. The van der Waals surface area contributed by atoms with Crippen molar-refractivity contribution >= 4 is 12.1 Å². The van der Waals surface area contributed by atoms with Crippen LogP contribution in [0.25, 0.3) is 11.1 Å². The highest BCUT2D eigenvalue weighted by atomic mass is 19.4. The van der Waals surface area contributed by atoms with Crippen LogP contribution in [0, 0.1) is 5.82 Å². The molecule has 2 aromatic rings. The maximum atomic E-state index is 13.4. The summed E-state index contributed by atoms with van der Waals surface area (Å²) in [5.74, 6) is -1.61. The van der Waals surface area contributed by atoms with E-state index in [0.717, 1.165) is 24.3 Å². The van der Waals surface area contributed by atoms with Crippen molar-refractivity contribution in [3.8, 4) is 11.1 Å². The van der Waals surface area contributed by atoms with Gasteiger partial charge in [-0.3, -0.25) is 9.79 Å². The topological polar surface area (TPSA) is 55.5 Å². The van der Waals surface area contributed by atoms with E-state index in [1.165, 1.54) is 12.3 Å². The molecule has 0 saturated carbocycles. The number of carbonyl (C=O) groups is 1. The molecule has 0 bridgehead atoms. The monoisotopic (exact) mass is 322 g/mol. The molecule has 0 atom stereocenters. The molecule has 3 rings (SSSR count). The number of nitrogens with two attached hydrogens (primary N) is 1. The zero-order chi connectivity index (χ0) is 16.8. The molecule has 2 aromatic carbocycles.